The Bertz CT molecular complexity index is 226. The Labute approximate surface area is 101 Å². The van der Waals surface area contributed by atoms with E-state index in [2.05, 4.69) is 20.8 Å². The van der Waals surface area contributed by atoms with Gasteiger partial charge in [0.15, 0.2) is 0 Å². The minimum Gasteiger partial charge on any atom is -0.390 e. The van der Waals surface area contributed by atoms with Gasteiger partial charge in [0.2, 0.25) is 0 Å². The number of nitrogens with zero attached hydrogens (tertiary/aromatic N) is 1. The van der Waals surface area contributed by atoms with Crippen molar-refractivity contribution in [1.29, 1.82) is 0 Å². The third kappa shape index (κ3) is 3.18. The van der Waals surface area contributed by atoms with E-state index in [4.69, 9.17) is 0 Å². The Morgan fingerprint density at radius 2 is 1.93 bits per heavy atom. The molecular weight excluding hydrogens is 254 g/mol. The molecule has 1 N–H and O–H groups in total. The molecule has 0 aromatic rings. The molecular formula is C12H22BrNO. The Morgan fingerprint density at radius 3 is 2.53 bits per heavy atom. The van der Waals surface area contributed by atoms with Gasteiger partial charge in [-0.25, -0.2) is 0 Å². The first-order valence-electron chi connectivity index (χ1n) is 6.06. The van der Waals surface area contributed by atoms with Crippen LogP contribution in [0.4, 0.5) is 0 Å². The van der Waals surface area contributed by atoms with Crippen LogP contribution in [-0.2, 0) is 0 Å². The summed E-state index contributed by atoms with van der Waals surface area (Å²) in [5.41, 5.74) is 0.163. The zero-order valence-electron chi connectivity index (χ0n) is 9.64. The predicted molar refractivity (Wildman–Crippen MR) is 66.4 cm³/mol. The van der Waals surface area contributed by atoms with E-state index >= 15 is 0 Å². The fraction of sp³-hybridized carbons (Fsp3) is 1.00. The van der Waals surface area contributed by atoms with E-state index in [0.29, 0.717) is 5.41 Å². The fourth-order valence-electron chi connectivity index (χ4n) is 2.46. The van der Waals surface area contributed by atoms with Gasteiger partial charge in [-0.15, -0.1) is 0 Å². The first-order chi connectivity index (χ1) is 7.05. The van der Waals surface area contributed by atoms with Gasteiger partial charge in [-0.3, -0.25) is 0 Å². The van der Waals surface area contributed by atoms with E-state index in [-0.39, 0.29) is 0 Å². The second-order valence-electron chi connectivity index (χ2n) is 5.76. The number of hydrogen-bond donors (Lipinski definition) is 1. The van der Waals surface area contributed by atoms with E-state index in [1.165, 1.54) is 25.9 Å². The number of hydrogen-bond acceptors (Lipinski definition) is 2. The normalized spacial score (nSPS) is 36.2. The lowest BCUT2D eigenvalue weighted by Gasteiger charge is -2.25. The van der Waals surface area contributed by atoms with Crippen molar-refractivity contribution in [3.63, 3.8) is 0 Å². The highest BCUT2D eigenvalue weighted by Gasteiger charge is 2.43. The van der Waals surface area contributed by atoms with Crippen molar-refractivity contribution in [2.75, 3.05) is 25.0 Å². The molecule has 1 atom stereocenters. The van der Waals surface area contributed by atoms with Crippen LogP contribution in [0.3, 0.4) is 0 Å². The molecule has 3 heteroatoms. The summed E-state index contributed by atoms with van der Waals surface area (Å²) in [6.07, 6.45) is 5.80. The molecule has 1 saturated carbocycles. The fourth-order valence-corrected chi connectivity index (χ4v) is 3.20. The maximum atomic E-state index is 10.0. The van der Waals surface area contributed by atoms with Gasteiger partial charge in [0, 0.05) is 18.4 Å². The average molecular weight is 276 g/mol. The van der Waals surface area contributed by atoms with Crippen LogP contribution in [0, 0.1) is 5.41 Å². The highest BCUT2D eigenvalue weighted by Crippen LogP contribution is 2.47. The monoisotopic (exact) mass is 275 g/mol. The van der Waals surface area contributed by atoms with Gasteiger partial charge < -0.3 is 10.0 Å². The SMILES string of the molecule is CC1(O)CCCN(CC2(CBr)CC2)CC1. The molecule has 1 unspecified atom stereocenters. The highest BCUT2D eigenvalue weighted by molar-refractivity contribution is 9.09. The van der Waals surface area contributed by atoms with Gasteiger partial charge in [0.05, 0.1) is 5.60 Å². The summed E-state index contributed by atoms with van der Waals surface area (Å²) < 4.78 is 0. The Morgan fingerprint density at radius 1 is 1.20 bits per heavy atom. The summed E-state index contributed by atoms with van der Waals surface area (Å²) >= 11 is 3.63. The molecule has 0 aromatic carbocycles. The van der Waals surface area contributed by atoms with Crippen LogP contribution in [0.5, 0.6) is 0 Å². The molecule has 2 fully saturated rings. The minimum absolute atomic E-state index is 0.417. The summed E-state index contributed by atoms with van der Waals surface area (Å²) in [7, 11) is 0. The molecule has 0 aromatic heterocycles. The van der Waals surface area contributed by atoms with E-state index in [0.717, 1.165) is 31.1 Å². The molecule has 2 aliphatic rings. The van der Waals surface area contributed by atoms with Gasteiger partial charge in [-0.05, 0) is 51.0 Å². The predicted octanol–water partition coefficient (Wildman–Crippen LogP) is 2.40. The molecule has 1 aliphatic carbocycles. The van der Waals surface area contributed by atoms with E-state index in [1.54, 1.807) is 0 Å². The zero-order chi connectivity index (χ0) is 10.9. The minimum atomic E-state index is -0.417. The molecule has 2 nitrogen and oxygen atoms in total. The van der Waals surface area contributed by atoms with Gasteiger partial charge >= 0.3 is 0 Å². The quantitative estimate of drug-likeness (QED) is 0.800. The maximum Gasteiger partial charge on any atom is 0.0632 e. The van der Waals surface area contributed by atoms with Crippen LogP contribution in [0.15, 0.2) is 0 Å². The Hall–Kier alpha value is 0.400. The third-order valence-electron chi connectivity index (χ3n) is 3.96. The van der Waals surface area contributed by atoms with Gasteiger partial charge in [-0.2, -0.15) is 0 Å². The van der Waals surface area contributed by atoms with E-state index in [1.807, 2.05) is 6.92 Å². The molecule has 1 aliphatic heterocycles. The third-order valence-corrected chi connectivity index (χ3v) is 5.15. The number of halogens is 1. The molecule has 1 saturated heterocycles. The van der Waals surface area contributed by atoms with Crippen molar-refractivity contribution in [2.45, 2.75) is 44.6 Å². The van der Waals surface area contributed by atoms with Crippen molar-refractivity contribution in [3.8, 4) is 0 Å². The van der Waals surface area contributed by atoms with Crippen LogP contribution < -0.4 is 0 Å². The molecule has 2 rings (SSSR count). The van der Waals surface area contributed by atoms with Crippen LogP contribution in [0.2, 0.25) is 0 Å². The van der Waals surface area contributed by atoms with Crippen molar-refractivity contribution < 1.29 is 5.11 Å². The number of aliphatic hydroxyl groups is 1. The van der Waals surface area contributed by atoms with Crippen molar-refractivity contribution in [2.24, 2.45) is 5.41 Å². The number of likely N-dealkylation sites (tertiary alicyclic amines) is 1. The Kier molecular flexibility index (Phi) is 3.44. The molecule has 0 amide bonds. The second kappa shape index (κ2) is 4.34. The topological polar surface area (TPSA) is 23.5 Å². The van der Waals surface area contributed by atoms with Crippen molar-refractivity contribution in [1.82, 2.24) is 4.90 Å². The average Bonchev–Trinajstić information content (AvgIpc) is 2.95. The second-order valence-corrected chi connectivity index (χ2v) is 6.32. The Balaban J connectivity index is 1.84. The number of rotatable bonds is 3. The van der Waals surface area contributed by atoms with Gasteiger partial charge in [-0.1, -0.05) is 15.9 Å². The molecule has 0 radical (unpaired) electrons. The summed E-state index contributed by atoms with van der Waals surface area (Å²) in [6, 6.07) is 0. The van der Waals surface area contributed by atoms with Crippen LogP contribution >= 0.6 is 15.9 Å². The van der Waals surface area contributed by atoms with Crippen molar-refractivity contribution >= 4 is 15.9 Å². The standard InChI is InChI=1S/C12H22BrNO/c1-11(15)3-2-7-14(8-6-11)10-12(9-13)4-5-12/h15H,2-10H2,1H3. The largest absolute Gasteiger partial charge is 0.390 e. The highest BCUT2D eigenvalue weighted by atomic mass is 79.9. The smallest absolute Gasteiger partial charge is 0.0632 e. The van der Waals surface area contributed by atoms with E-state index in [9.17, 15) is 5.11 Å². The first kappa shape index (κ1) is 11.9. The molecule has 88 valence electrons. The van der Waals surface area contributed by atoms with Gasteiger partial charge in [0.25, 0.3) is 0 Å². The van der Waals surface area contributed by atoms with Crippen LogP contribution in [0.1, 0.15) is 39.0 Å². The zero-order valence-corrected chi connectivity index (χ0v) is 11.2. The summed E-state index contributed by atoms with van der Waals surface area (Å²) in [6.45, 7) is 5.45. The molecule has 0 bridgehead atoms. The molecule has 15 heavy (non-hydrogen) atoms. The first-order valence-corrected chi connectivity index (χ1v) is 7.18. The number of alkyl halides is 1. The van der Waals surface area contributed by atoms with Gasteiger partial charge in [0.1, 0.15) is 0 Å². The van der Waals surface area contributed by atoms with Crippen molar-refractivity contribution in [3.05, 3.63) is 0 Å². The summed E-state index contributed by atoms with van der Waals surface area (Å²) in [4.78, 5) is 2.55. The lowest BCUT2D eigenvalue weighted by atomic mass is 9.98. The lowest BCUT2D eigenvalue weighted by Crippen LogP contribution is -2.33. The summed E-state index contributed by atoms with van der Waals surface area (Å²) in [5, 5.41) is 11.2. The van der Waals surface area contributed by atoms with Crippen LogP contribution in [-0.4, -0.2) is 40.6 Å². The lowest BCUT2D eigenvalue weighted by molar-refractivity contribution is 0.0441. The molecule has 1 heterocycles. The maximum absolute atomic E-state index is 10.0. The molecule has 0 spiro atoms. The van der Waals surface area contributed by atoms with Crippen LogP contribution in [0.25, 0.3) is 0 Å². The van der Waals surface area contributed by atoms with E-state index < -0.39 is 5.60 Å². The summed E-state index contributed by atoms with van der Waals surface area (Å²) in [5.74, 6) is 0.